The van der Waals surface area contributed by atoms with Gasteiger partial charge in [-0.15, -0.1) is 0 Å². The van der Waals surface area contributed by atoms with E-state index in [-0.39, 0.29) is 5.41 Å². The van der Waals surface area contributed by atoms with Gasteiger partial charge in [0.25, 0.3) is 0 Å². The summed E-state index contributed by atoms with van der Waals surface area (Å²) in [7, 11) is 0. The van der Waals surface area contributed by atoms with Crippen LogP contribution in [0.4, 0.5) is 0 Å². The number of aryl methyl sites for hydroxylation is 1. The molecular formula is C21H21ClN2O2. The maximum absolute atomic E-state index is 12.5. The van der Waals surface area contributed by atoms with Gasteiger partial charge < -0.3 is 4.74 Å². The van der Waals surface area contributed by atoms with Crippen molar-refractivity contribution in [3.8, 4) is 11.6 Å². The average Bonchev–Trinajstić information content (AvgIpc) is 2.99. The van der Waals surface area contributed by atoms with E-state index in [2.05, 4.69) is 25.9 Å². The Kier molecular flexibility index (Phi) is 4.88. The van der Waals surface area contributed by atoms with Crippen molar-refractivity contribution in [2.24, 2.45) is 0 Å². The molecule has 0 aliphatic heterocycles. The molecule has 2 aromatic carbocycles. The topological polar surface area (TPSA) is 44.1 Å². The van der Waals surface area contributed by atoms with Crippen LogP contribution in [0.2, 0.25) is 5.02 Å². The standard InChI is InChI=1S/C21H21ClN2O2/c1-14-8-10-15(11-9-14)20(25)26-19-13-18(21(2,3)4)23-24(19)17-7-5-6-16(22)12-17/h5-13H,1-4H3. The van der Waals surface area contributed by atoms with Gasteiger partial charge in [0.2, 0.25) is 5.88 Å². The van der Waals surface area contributed by atoms with Gasteiger partial charge in [-0.05, 0) is 37.3 Å². The van der Waals surface area contributed by atoms with E-state index in [4.69, 9.17) is 16.3 Å². The molecule has 1 heterocycles. The molecule has 4 nitrogen and oxygen atoms in total. The van der Waals surface area contributed by atoms with Crippen LogP contribution >= 0.6 is 11.6 Å². The van der Waals surface area contributed by atoms with Gasteiger partial charge in [-0.1, -0.05) is 56.1 Å². The smallest absolute Gasteiger partial charge is 0.344 e. The Bertz CT molecular complexity index is 937. The van der Waals surface area contributed by atoms with Crippen LogP contribution in [0, 0.1) is 6.92 Å². The molecule has 0 unspecified atom stereocenters. The van der Waals surface area contributed by atoms with Crippen LogP contribution in [0.25, 0.3) is 5.69 Å². The average molecular weight is 369 g/mol. The fraction of sp³-hybridized carbons (Fsp3) is 0.238. The lowest BCUT2D eigenvalue weighted by molar-refractivity contribution is 0.0723. The van der Waals surface area contributed by atoms with E-state index >= 15 is 0 Å². The molecule has 0 spiro atoms. The first kappa shape index (κ1) is 18.2. The molecule has 3 aromatic rings. The number of hydrogen-bond acceptors (Lipinski definition) is 3. The van der Waals surface area contributed by atoms with Crippen LogP contribution in [0.3, 0.4) is 0 Å². The summed E-state index contributed by atoms with van der Waals surface area (Å²) in [4.78, 5) is 12.5. The van der Waals surface area contributed by atoms with Gasteiger partial charge in [-0.25, -0.2) is 9.48 Å². The molecule has 5 heteroatoms. The lowest BCUT2D eigenvalue weighted by atomic mass is 9.93. The Hall–Kier alpha value is -2.59. The molecular weight excluding hydrogens is 348 g/mol. The third-order valence-electron chi connectivity index (χ3n) is 3.98. The summed E-state index contributed by atoms with van der Waals surface area (Å²) < 4.78 is 7.27. The lowest BCUT2D eigenvalue weighted by Gasteiger charge is -2.13. The highest BCUT2D eigenvalue weighted by Gasteiger charge is 2.23. The van der Waals surface area contributed by atoms with Crippen LogP contribution in [-0.2, 0) is 5.41 Å². The van der Waals surface area contributed by atoms with Crippen molar-refractivity contribution < 1.29 is 9.53 Å². The number of nitrogens with zero attached hydrogens (tertiary/aromatic N) is 2. The van der Waals surface area contributed by atoms with Gasteiger partial charge >= 0.3 is 5.97 Å². The van der Waals surface area contributed by atoms with Gasteiger partial charge in [0.15, 0.2) is 0 Å². The summed E-state index contributed by atoms with van der Waals surface area (Å²) >= 11 is 6.11. The van der Waals surface area contributed by atoms with Crippen molar-refractivity contribution in [1.82, 2.24) is 9.78 Å². The maximum atomic E-state index is 12.5. The number of benzene rings is 2. The molecule has 0 saturated heterocycles. The highest BCUT2D eigenvalue weighted by atomic mass is 35.5. The summed E-state index contributed by atoms with van der Waals surface area (Å²) in [5.74, 6) is -0.0589. The van der Waals surface area contributed by atoms with Gasteiger partial charge in [-0.2, -0.15) is 5.10 Å². The Morgan fingerprint density at radius 3 is 2.38 bits per heavy atom. The van der Waals surface area contributed by atoms with Crippen molar-refractivity contribution in [1.29, 1.82) is 0 Å². The zero-order chi connectivity index (χ0) is 18.9. The first-order valence-corrected chi connectivity index (χ1v) is 8.77. The van der Waals surface area contributed by atoms with Crippen molar-refractivity contribution >= 4 is 17.6 Å². The van der Waals surface area contributed by atoms with Crippen LogP contribution in [0.5, 0.6) is 5.88 Å². The Morgan fingerprint density at radius 1 is 1.08 bits per heavy atom. The van der Waals surface area contributed by atoms with E-state index in [1.54, 1.807) is 35.0 Å². The van der Waals surface area contributed by atoms with Crippen LogP contribution < -0.4 is 4.74 Å². The molecule has 0 atom stereocenters. The molecule has 134 valence electrons. The Labute approximate surface area is 158 Å². The van der Waals surface area contributed by atoms with Gasteiger partial charge in [-0.3, -0.25) is 0 Å². The van der Waals surface area contributed by atoms with Crippen LogP contribution in [-0.4, -0.2) is 15.7 Å². The van der Waals surface area contributed by atoms with Gasteiger partial charge in [0.05, 0.1) is 16.9 Å². The summed E-state index contributed by atoms with van der Waals surface area (Å²) in [5, 5.41) is 5.22. The minimum Gasteiger partial charge on any atom is -0.404 e. The second-order valence-electron chi connectivity index (χ2n) is 7.27. The number of ether oxygens (including phenoxy) is 1. The number of rotatable bonds is 3. The molecule has 0 saturated carbocycles. The fourth-order valence-electron chi connectivity index (χ4n) is 2.44. The Balaban J connectivity index is 2.00. The zero-order valence-corrected chi connectivity index (χ0v) is 16.0. The van der Waals surface area contributed by atoms with E-state index in [1.807, 2.05) is 31.2 Å². The van der Waals surface area contributed by atoms with E-state index in [0.29, 0.717) is 16.5 Å². The minimum absolute atomic E-state index is 0.186. The molecule has 26 heavy (non-hydrogen) atoms. The van der Waals surface area contributed by atoms with E-state index in [1.165, 1.54) is 0 Å². The SMILES string of the molecule is Cc1ccc(C(=O)Oc2cc(C(C)(C)C)nn2-c2cccc(Cl)c2)cc1. The third kappa shape index (κ3) is 3.97. The molecule has 0 radical (unpaired) electrons. The largest absolute Gasteiger partial charge is 0.404 e. The summed E-state index contributed by atoms with van der Waals surface area (Å²) in [6, 6.07) is 16.3. The predicted molar refractivity (Wildman–Crippen MR) is 103 cm³/mol. The van der Waals surface area contributed by atoms with E-state index < -0.39 is 5.97 Å². The number of carbonyl (C=O) groups excluding carboxylic acids is 1. The molecule has 3 rings (SSSR count). The molecule has 0 bridgehead atoms. The van der Waals surface area contributed by atoms with Crippen LogP contribution in [0.15, 0.2) is 54.6 Å². The van der Waals surface area contributed by atoms with E-state index in [0.717, 1.165) is 16.9 Å². The Morgan fingerprint density at radius 2 is 1.77 bits per heavy atom. The molecule has 0 aliphatic carbocycles. The second-order valence-corrected chi connectivity index (χ2v) is 7.70. The van der Waals surface area contributed by atoms with Crippen molar-refractivity contribution in [2.75, 3.05) is 0 Å². The minimum atomic E-state index is -0.423. The molecule has 0 fully saturated rings. The molecule has 0 amide bonds. The monoisotopic (exact) mass is 368 g/mol. The summed E-state index contributed by atoms with van der Waals surface area (Å²) in [5.41, 5.74) is 2.95. The summed E-state index contributed by atoms with van der Waals surface area (Å²) in [6.45, 7) is 8.15. The predicted octanol–water partition coefficient (Wildman–Crippen LogP) is 5.35. The number of aromatic nitrogens is 2. The fourth-order valence-corrected chi connectivity index (χ4v) is 2.62. The number of halogens is 1. The third-order valence-corrected chi connectivity index (χ3v) is 4.22. The highest BCUT2D eigenvalue weighted by Crippen LogP contribution is 2.29. The molecule has 0 aliphatic rings. The summed E-state index contributed by atoms with van der Waals surface area (Å²) in [6.07, 6.45) is 0. The van der Waals surface area contributed by atoms with Crippen molar-refractivity contribution in [2.45, 2.75) is 33.1 Å². The zero-order valence-electron chi connectivity index (χ0n) is 15.3. The van der Waals surface area contributed by atoms with Gasteiger partial charge in [0, 0.05) is 16.5 Å². The number of esters is 1. The first-order chi connectivity index (χ1) is 12.2. The van der Waals surface area contributed by atoms with Gasteiger partial charge in [0.1, 0.15) is 0 Å². The van der Waals surface area contributed by atoms with Crippen molar-refractivity contribution in [3.63, 3.8) is 0 Å². The quantitative estimate of drug-likeness (QED) is 0.585. The number of carbonyl (C=O) groups is 1. The first-order valence-electron chi connectivity index (χ1n) is 8.39. The van der Waals surface area contributed by atoms with Crippen molar-refractivity contribution in [3.05, 3.63) is 76.4 Å². The molecule has 1 aromatic heterocycles. The normalized spacial score (nSPS) is 11.4. The van der Waals surface area contributed by atoms with E-state index in [9.17, 15) is 4.79 Å². The molecule has 0 N–H and O–H groups in total. The lowest BCUT2D eigenvalue weighted by Crippen LogP contribution is -2.13. The number of hydrogen-bond donors (Lipinski definition) is 0. The van der Waals surface area contributed by atoms with Crippen LogP contribution in [0.1, 0.15) is 42.4 Å². The maximum Gasteiger partial charge on any atom is 0.344 e. The second kappa shape index (κ2) is 6.96. The highest BCUT2D eigenvalue weighted by molar-refractivity contribution is 6.30.